The average molecular weight is 325 g/mol. The quantitative estimate of drug-likeness (QED) is 0.364. The molecular weight excluding hydrogens is 315 g/mol. The Morgan fingerprint density at radius 3 is 0.778 bits per heavy atom. The summed E-state index contributed by atoms with van der Waals surface area (Å²) in [5.74, 6) is 0. The predicted octanol–water partition coefficient (Wildman–Crippen LogP) is -4.04. The fraction of sp³-hybridized carbons (Fsp3) is 1.00. The third kappa shape index (κ3) is 17.8. The van der Waals surface area contributed by atoms with Crippen LogP contribution in [0.15, 0.2) is 0 Å². The van der Waals surface area contributed by atoms with Gasteiger partial charge in [-0.2, -0.15) is 0 Å². The van der Waals surface area contributed by atoms with Crippen molar-refractivity contribution < 1.29 is 52.4 Å². The zero-order valence-corrected chi connectivity index (χ0v) is 6.53. The second kappa shape index (κ2) is 11.3. The van der Waals surface area contributed by atoms with Crippen molar-refractivity contribution in [3.63, 3.8) is 0 Å². The van der Waals surface area contributed by atoms with Gasteiger partial charge in [-0.15, -0.1) is 0 Å². The minimum Gasteiger partial charge on any atom is -0.412 e. The van der Waals surface area contributed by atoms with E-state index in [9.17, 15) is 0 Å². The molecule has 0 aliphatic carbocycles. The third-order valence-electron chi connectivity index (χ3n) is 0.267. The van der Waals surface area contributed by atoms with Gasteiger partial charge in [0.15, 0.2) is 0 Å². The van der Waals surface area contributed by atoms with E-state index in [1.165, 1.54) is 0 Å². The molecule has 0 aromatic rings. The summed E-state index contributed by atoms with van der Waals surface area (Å²) >= 11 is 0. The molecule has 0 unspecified atom stereocenters. The summed E-state index contributed by atoms with van der Waals surface area (Å²) in [4.78, 5) is 0. The molecule has 0 rings (SSSR count). The van der Waals surface area contributed by atoms with Gasteiger partial charge < -0.3 is 31.4 Å². The van der Waals surface area contributed by atoms with Crippen molar-refractivity contribution in [2.75, 3.05) is 0 Å². The minimum atomic E-state index is -2.04. The first-order valence-electron chi connectivity index (χ1n) is 1.37. The van der Waals surface area contributed by atoms with E-state index in [1.807, 2.05) is 0 Å². The zero-order chi connectivity index (χ0) is 5.15. The second-order valence-corrected chi connectivity index (χ2v) is 0.827. The number of hydrogen-bond acceptors (Lipinski definition) is 4. The van der Waals surface area contributed by atoms with Gasteiger partial charge in [0.2, 0.25) is 12.6 Å². The molecule has 0 aliphatic heterocycles. The topological polar surface area (TPSA) is 144 Å². The van der Waals surface area contributed by atoms with Crippen LogP contribution in [0.4, 0.5) is 0 Å². The molecule has 64 valence electrons. The van der Waals surface area contributed by atoms with Gasteiger partial charge in [0.1, 0.15) is 0 Å². The van der Waals surface area contributed by atoms with Crippen LogP contribution in [0.25, 0.3) is 0 Å². The van der Waals surface area contributed by atoms with Crippen molar-refractivity contribution in [3.8, 4) is 0 Å². The predicted molar refractivity (Wildman–Crippen MR) is 23.7 cm³/mol. The van der Waals surface area contributed by atoms with E-state index in [0.717, 1.165) is 0 Å². The summed E-state index contributed by atoms with van der Waals surface area (Å²) in [5, 5.41) is 30.7. The molecule has 7 heteroatoms. The Morgan fingerprint density at radius 2 is 0.778 bits per heavy atom. The average Bonchev–Trinajstić information content (AvgIpc) is 1.36. The maximum atomic E-state index is 7.69. The molecule has 0 bridgehead atoms. The van der Waals surface area contributed by atoms with Crippen molar-refractivity contribution in [3.05, 3.63) is 0 Å². The Hall–Kier alpha value is 0.448. The SMILES string of the molecule is O.O.OC(O)C(O)O.[Pt]. The molecule has 0 fully saturated rings. The largest absolute Gasteiger partial charge is 0.412 e. The van der Waals surface area contributed by atoms with Crippen molar-refractivity contribution >= 4 is 0 Å². The molecule has 0 aromatic carbocycles. The van der Waals surface area contributed by atoms with E-state index >= 15 is 0 Å². The Kier molecular flexibility index (Phi) is 28.5. The summed E-state index contributed by atoms with van der Waals surface area (Å²) in [6, 6.07) is 0. The van der Waals surface area contributed by atoms with E-state index in [2.05, 4.69) is 0 Å². The van der Waals surface area contributed by atoms with Crippen molar-refractivity contribution in [1.29, 1.82) is 0 Å². The van der Waals surface area contributed by atoms with Crippen LogP contribution in [0, 0.1) is 0 Å². The zero-order valence-electron chi connectivity index (χ0n) is 4.26. The van der Waals surface area contributed by atoms with Crippen LogP contribution in [-0.2, 0) is 21.1 Å². The molecule has 0 aromatic heterocycles. The van der Waals surface area contributed by atoms with Gasteiger partial charge in [0.05, 0.1) is 0 Å². The number of aliphatic hydroxyl groups is 4. The van der Waals surface area contributed by atoms with Crippen LogP contribution in [0.3, 0.4) is 0 Å². The molecule has 0 heterocycles. The molecule has 0 radical (unpaired) electrons. The molecule has 0 amide bonds. The first-order valence-corrected chi connectivity index (χ1v) is 1.37. The second-order valence-electron chi connectivity index (χ2n) is 0.827. The Bertz CT molecular complexity index is 32.0. The van der Waals surface area contributed by atoms with Gasteiger partial charge >= 0.3 is 0 Å². The van der Waals surface area contributed by atoms with Crippen molar-refractivity contribution in [1.82, 2.24) is 0 Å². The summed E-state index contributed by atoms with van der Waals surface area (Å²) < 4.78 is 0. The van der Waals surface area contributed by atoms with Crippen molar-refractivity contribution in [2.24, 2.45) is 0 Å². The van der Waals surface area contributed by atoms with Crippen LogP contribution in [0.1, 0.15) is 0 Å². The molecule has 0 aliphatic rings. The molecule has 9 heavy (non-hydrogen) atoms. The summed E-state index contributed by atoms with van der Waals surface area (Å²) in [6.45, 7) is 0. The van der Waals surface area contributed by atoms with Crippen LogP contribution in [-0.4, -0.2) is 44.0 Å². The first kappa shape index (κ1) is 22.7. The Labute approximate surface area is 65.6 Å². The fourth-order valence-corrected chi connectivity index (χ4v) is 0. The fourth-order valence-electron chi connectivity index (χ4n) is 0. The van der Waals surface area contributed by atoms with Crippen LogP contribution in [0.2, 0.25) is 0 Å². The molecule has 0 saturated carbocycles. The molecule has 0 saturated heterocycles. The van der Waals surface area contributed by atoms with Gasteiger partial charge in [0, 0.05) is 21.1 Å². The smallest absolute Gasteiger partial charge is 0.204 e. The standard InChI is InChI=1S/C2H6O4.2H2O.Pt/c3-1(4)2(5)6;;;/h1-6H;2*1H2;. The van der Waals surface area contributed by atoms with Gasteiger partial charge in [-0.25, -0.2) is 0 Å². The molecule has 6 nitrogen and oxygen atoms in total. The molecular formula is C2H10O6Pt. The third-order valence-corrected chi connectivity index (χ3v) is 0.267. The summed E-state index contributed by atoms with van der Waals surface area (Å²) in [6.07, 6.45) is -4.07. The van der Waals surface area contributed by atoms with E-state index in [1.54, 1.807) is 0 Å². The number of aliphatic hydroxyl groups excluding tert-OH is 2. The summed E-state index contributed by atoms with van der Waals surface area (Å²) in [5.41, 5.74) is 0. The van der Waals surface area contributed by atoms with Gasteiger partial charge in [-0.1, -0.05) is 0 Å². The van der Waals surface area contributed by atoms with Crippen LogP contribution in [0.5, 0.6) is 0 Å². The minimum absolute atomic E-state index is 0. The van der Waals surface area contributed by atoms with Crippen molar-refractivity contribution in [2.45, 2.75) is 12.6 Å². The maximum absolute atomic E-state index is 7.69. The Morgan fingerprint density at radius 1 is 0.667 bits per heavy atom. The van der Waals surface area contributed by atoms with Gasteiger partial charge in [-0.3, -0.25) is 0 Å². The maximum Gasteiger partial charge on any atom is 0.204 e. The van der Waals surface area contributed by atoms with Crippen LogP contribution >= 0.6 is 0 Å². The summed E-state index contributed by atoms with van der Waals surface area (Å²) in [7, 11) is 0. The molecule has 0 spiro atoms. The van der Waals surface area contributed by atoms with E-state index in [-0.39, 0.29) is 32.0 Å². The first-order chi connectivity index (χ1) is 2.64. The molecule has 8 N–H and O–H groups in total. The Balaban J connectivity index is -0.0000000417. The van der Waals surface area contributed by atoms with E-state index in [0.29, 0.717) is 0 Å². The number of hydrogen-bond donors (Lipinski definition) is 4. The van der Waals surface area contributed by atoms with E-state index < -0.39 is 12.6 Å². The molecule has 0 atom stereocenters. The van der Waals surface area contributed by atoms with Gasteiger partial charge in [0.25, 0.3) is 0 Å². The van der Waals surface area contributed by atoms with Gasteiger partial charge in [-0.05, 0) is 0 Å². The normalized spacial score (nSPS) is 7.33. The monoisotopic (exact) mass is 325 g/mol. The van der Waals surface area contributed by atoms with E-state index in [4.69, 9.17) is 20.4 Å². The van der Waals surface area contributed by atoms with Crippen LogP contribution < -0.4 is 0 Å². The number of rotatable bonds is 1.